The standard InChI is InChI=1S/C15H22Cl2N4O2S/c1-11(13-3-2-12(16)10-14(13)17)20-15(18)19-4-5-21-6-8-24(22,23)9-7-21/h2-3,10-11H,4-9H2,1H3,(H3,18,19,20). The van der Waals surface area contributed by atoms with E-state index in [4.69, 9.17) is 28.9 Å². The van der Waals surface area contributed by atoms with E-state index in [1.807, 2.05) is 13.0 Å². The molecule has 1 aliphatic rings. The number of hydrogen-bond acceptors (Lipinski definition) is 4. The molecule has 0 bridgehead atoms. The molecule has 6 nitrogen and oxygen atoms in total. The van der Waals surface area contributed by atoms with Gasteiger partial charge in [-0.25, -0.2) is 8.42 Å². The summed E-state index contributed by atoms with van der Waals surface area (Å²) in [6, 6.07) is 5.22. The van der Waals surface area contributed by atoms with Crippen molar-refractivity contribution in [2.45, 2.75) is 13.0 Å². The van der Waals surface area contributed by atoms with Gasteiger partial charge in [0.2, 0.25) is 0 Å². The summed E-state index contributed by atoms with van der Waals surface area (Å²) in [4.78, 5) is 6.37. The molecule has 1 unspecified atom stereocenters. The molecule has 0 radical (unpaired) electrons. The largest absolute Gasteiger partial charge is 0.370 e. The predicted octanol–water partition coefficient (Wildman–Crippen LogP) is 1.69. The molecule has 2 rings (SSSR count). The van der Waals surface area contributed by atoms with Crippen LogP contribution in [0.3, 0.4) is 0 Å². The minimum Gasteiger partial charge on any atom is -0.370 e. The van der Waals surface area contributed by atoms with Crippen LogP contribution >= 0.6 is 23.2 Å². The van der Waals surface area contributed by atoms with Gasteiger partial charge < -0.3 is 11.1 Å². The van der Waals surface area contributed by atoms with Crippen molar-refractivity contribution >= 4 is 39.0 Å². The Balaban J connectivity index is 1.81. The lowest BCUT2D eigenvalue weighted by Gasteiger charge is -2.25. The number of nitrogens with zero attached hydrogens (tertiary/aromatic N) is 2. The third-order valence-corrected chi connectivity index (χ3v) is 6.10. The van der Waals surface area contributed by atoms with Crippen LogP contribution in [0.2, 0.25) is 10.0 Å². The Labute approximate surface area is 152 Å². The molecule has 0 amide bonds. The zero-order chi connectivity index (χ0) is 17.7. The molecule has 1 atom stereocenters. The fourth-order valence-corrected chi connectivity index (χ4v) is 4.33. The first-order chi connectivity index (χ1) is 11.3. The van der Waals surface area contributed by atoms with Crippen LogP contribution < -0.4 is 11.1 Å². The molecule has 1 aromatic rings. The number of aliphatic imine (C=N–C) groups is 1. The van der Waals surface area contributed by atoms with E-state index in [1.54, 1.807) is 12.1 Å². The van der Waals surface area contributed by atoms with Crippen LogP contribution in [0.5, 0.6) is 0 Å². The van der Waals surface area contributed by atoms with E-state index in [1.165, 1.54) is 0 Å². The Morgan fingerprint density at radius 1 is 1.38 bits per heavy atom. The van der Waals surface area contributed by atoms with Gasteiger partial charge in [-0.05, 0) is 24.6 Å². The molecule has 0 saturated carbocycles. The Hall–Kier alpha value is -1.02. The second kappa shape index (κ2) is 8.38. The van der Waals surface area contributed by atoms with Crippen molar-refractivity contribution in [1.82, 2.24) is 10.2 Å². The fraction of sp³-hybridized carbons (Fsp3) is 0.533. The Morgan fingerprint density at radius 2 is 2.04 bits per heavy atom. The van der Waals surface area contributed by atoms with Crippen molar-refractivity contribution in [2.75, 3.05) is 37.7 Å². The predicted molar refractivity (Wildman–Crippen MR) is 99.6 cm³/mol. The number of nitrogens with one attached hydrogen (secondary N) is 1. The number of rotatable bonds is 5. The van der Waals surface area contributed by atoms with Crippen molar-refractivity contribution in [1.29, 1.82) is 0 Å². The zero-order valence-electron chi connectivity index (χ0n) is 13.5. The first-order valence-corrected chi connectivity index (χ1v) is 10.3. The van der Waals surface area contributed by atoms with Gasteiger partial charge in [0.15, 0.2) is 15.8 Å². The molecule has 1 aliphatic heterocycles. The quantitative estimate of drug-likeness (QED) is 0.587. The summed E-state index contributed by atoms with van der Waals surface area (Å²) in [7, 11) is -2.85. The maximum atomic E-state index is 11.4. The topological polar surface area (TPSA) is 87.8 Å². The number of nitrogens with two attached hydrogens (primary N) is 1. The smallest absolute Gasteiger partial charge is 0.189 e. The van der Waals surface area contributed by atoms with Crippen LogP contribution in [0.25, 0.3) is 0 Å². The monoisotopic (exact) mass is 392 g/mol. The third kappa shape index (κ3) is 5.81. The molecule has 1 heterocycles. The molecule has 1 aromatic carbocycles. The molecule has 0 spiro atoms. The van der Waals surface area contributed by atoms with E-state index in [-0.39, 0.29) is 17.5 Å². The first kappa shape index (κ1) is 19.3. The van der Waals surface area contributed by atoms with E-state index in [0.717, 1.165) is 5.56 Å². The number of guanidine groups is 1. The summed E-state index contributed by atoms with van der Waals surface area (Å²) in [5, 5.41) is 4.25. The van der Waals surface area contributed by atoms with Gasteiger partial charge in [-0.1, -0.05) is 29.3 Å². The maximum Gasteiger partial charge on any atom is 0.189 e. The fourth-order valence-electron chi connectivity index (χ4n) is 2.48. The summed E-state index contributed by atoms with van der Waals surface area (Å²) in [5.74, 6) is 0.769. The molecule has 0 aromatic heterocycles. The average molecular weight is 393 g/mol. The molecule has 0 aliphatic carbocycles. The van der Waals surface area contributed by atoms with Gasteiger partial charge >= 0.3 is 0 Å². The summed E-state index contributed by atoms with van der Waals surface area (Å²) < 4.78 is 22.8. The van der Waals surface area contributed by atoms with Crippen LogP contribution in [0.1, 0.15) is 18.5 Å². The second-order valence-electron chi connectivity index (χ2n) is 5.79. The lowest BCUT2D eigenvalue weighted by Crippen LogP contribution is -2.41. The molecular formula is C15H22Cl2N4O2S. The van der Waals surface area contributed by atoms with Gasteiger partial charge in [0.1, 0.15) is 0 Å². The number of hydrogen-bond donors (Lipinski definition) is 2. The van der Waals surface area contributed by atoms with Crippen molar-refractivity contribution in [2.24, 2.45) is 10.7 Å². The number of halogens is 2. The van der Waals surface area contributed by atoms with Gasteiger partial charge in [0.05, 0.1) is 24.1 Å². The summed E-state index contributed by atoms with van der Waals surface area (Å²) in [6.45, 7) is 4.25. The third-order valence-electron chi connectivity index (χ3n) is 3.93. The minimum absolute atomic E-state index is 0.0985. The van der Waals surface area contributed by atoms with Gasteiger partial charge in [-0.15, -0.1) is 0 Å². The highest BCUT2D eigenvalue weighted by atomic mass is 35.5. The SMILES string of the molecule is CC(NC(N)=NCCN1CCS(=O)(=O)CC1)c1ccc(Cl)cc1Cl. The highest BCUT2D eigenvalue weighted by Crippen LogP contribution is 2.25. The second-order valence-corrected chi connectivity index (χ2v) is 8.94. The number of sulfone groups is 1. The molecule has 1 saturated heterocycles. The van der Waals surface area contributed by atoms with Crippen LogP contribution in [-0.4, -0.2) is 57.0 Å². The lowest BCUT2D eigenvalue weighted by atomic mass is 10.1. The zero-order valence-corrected chi connectivity index (χ0v) is 15.8. The van der Waals surface area contributed by atoms with E-state index in [9.17, 15) is 8.42 Å². The van der Waals surface area contributed by atoms with Gasteiger partial charge in [-0.2, -0.15) is 0 Å². The molecule has 24 heavy (non-hydrogen) atoms. The highest BCUT2D eigenvalue weighted by molar-refractivity contribution is 7.91. The Morgan fingerprint density at radius 3 is 2.67 bits per heavy atom. The van der Waals surface area contributed by atoms with Gasteiger partial charge in [0.25, 0.3) is 0 Å². The first-order valence-electron chi connectivity index (χ1n) is 7.71. The molecule has 3 N–H and O–H groups in total. The van der Waals surface area contributed by atoms with Crippen molar-refractivity contribution in [3.8, 4) is 0 Å². The van der Waals surface area contributed by atoms with Crippen LogP contribution in [0.4, 0.5) is 0 Å². The Kier molecular flexibility index (Phi) is 6.74. The summed E-state index contributed by atoms with van der Waals surface area (Å²) >= 11 is 12.1. The average Bonchev–Trinajstić information content (AvgIpc) is 2.48. The molecule has 9 heteroatoms. The number of benzene rings is 1. The van der Waals surface area contributed by atoms with E-state index in [2.05, 4.69) is 15.2 Å². The summed E-state index contributed by atoms with van der Waals surface area (Å²) in [6.07, 6.45) is 0. The molecule has 134 valence electrons. The molecule has 1 fully saturated rings. The van der Waals surface area contributed by atoms with Crippen LogP contribution in [-0.2, 0) is 9.84 Å². The van der Waals surface area contributed by atoms with Crippen LogP contribution in [0, 0.1) is 0 Å². The normalized spacial score (nSPS) is 19.9. The van der Waals surface area contributed by atoms with E-state index in [0.29, 0.717) is 42.2 Å². The van der Waals surface area contributed by atoms with Gasteiger partial charge in [0, 0.05) is 29.7 Å². The summed E-state index contributed by atoms with van der Waals surface area (Å²) in [5.41, 5.74) is 6.80. The van der Waals surface area contributed by atoms with E-state index >= 15 is 0 Å². The van der Waals surface area contributed by atoms with Crippen molar-refractivity contribution in [3.05, 3.63) is 33.8 Å². The highest BCUT2D eigenvalue weighted by Gasteiger charge is 2.20. The Bertz CT molecular complexity index is 695. The van der Waals surface area contributed by atoms with E-state index < -0.39 is 9.84 Å². The van der Waals surface area contributed by atoms with Crippen molar-refractivity contribution in [3.63, 3.8) is 0 Å². The maximum absolute atomic E-state index is 11.4. The van der Waals surface area contributed by atoms with Gasteiger partial charge in [-0.3, -0.25) is 9.89 Å². The minimum atomic E-state index is -2.85. The molecular weight excluding hydrogens is 371 g/mol. The lowest BCUT2D eigenvalue weighted by molar-refractivity contribution is 0.304. The van der Waals surface area contributed by atoms with Crippen molar-refractivity contribution < 1.29 is 8.42 Å². The van der Waals surface area contributed by atoms with Crippen LogP contribution in [0.15, 0.2) is 23.2 Å².